The smallest absolute Gasteiger partial charge is 0.221 e. The second-order valence-electron chi connectivity index (χ2n) is 5.43. The predicted molar refractivity (Wildman–Crippen MR) is 64.9 cm³/mol. The molecular formula is C13H24N2O. The van der Waals surface area contributed by atoms with Crippen LogP contribution < -0.4 is 11.1 Å². The van der Waals surface area contributed by atoms with Gasteiger partial charge in [-0.05, 0) is 50.6 Å². The highest BCUT2D eigenvalue weighted by atomic mass is 16.1. The maximum Gasteiger partial charge on any atom is 0.221 e. The Balaban J connectivity index is 1.99. The molecule has 1 aliphatic carbocycles. The molecule has 2 unspecified atom stereocenters. The molecule has 0 spiro atoms. The minimum Gasteiger partial charge on any atom is -0.369 e. The molecule has 0 radical (unpaired) electrons. The Kier molecular flexibility index (Phi) is 4.22. The average Bonchev–Trinajstić information content (AvgIpc) is 2.31. The van der Waals surface area contributed by atoms with Gasteiger partial charge in [-0.15, -0.1) is 0 Å². The van der Waals surface area contributed by atoms with Crippen LogP contribution in [0, 0.1) is 17.8 Å². The molecule has 1 saturated carbocycles. The SMILES string of the molecule is NC(=O)C(C1CCCCC1)C1CCCNC1. The molecule has 1 saturated heterocycles. The van der Waals surface area contributed by atoms with Crippen LogP contribution in [0.5, 0.6) is 0 Å². The van der Waals surface area contributed by atoms with Crippen molar-refractivity contribution in [3.63, 3.8) is 0 Å². The molecule has 2 atom stereocenters. The molecule has 0 aromatic heterocycles. The standard InChI is InChI=1S/C13H24N2O/c14-13(16)12(10-5-2-1-3-6-10)11-7-4-8-15-9-11/h10-12,15H,1-9H2,(H2,14,16). The number of nitrogens with two attached hydrogens (primary N) is 1. The molecule has 3 heteroatoms. The number of carbonyl (C=O) groups is 1. The van der Waals surface area contributed by atoms with E-state index in [0.717, 1.165) is 13.1 Å². The van der Waals surface area contributed by atoms with E-state index in [1.54, 1.807) is 0 Å². The fourth-order valence-electron chi connectivity index (χ4n) is 3.53. The molecule has 1 amide bonds. The molecule has 0 aromatic rings. The van der Waals surface area contributed by atoms with Crippen LogP contribution in [-0.4, -0.2) is 19.0 Å². The Morgan fingerprint density at radius 1 is 1.06 bits per heavy atom. The summed E-state index contributed by atoms with van der Waals surface area (Å²) in [5, 5.41) is 3.40. The van der Waals surface area contributed by atoms with Crippen LogP contribution in [0.25, 0.3) is 0 Å². The quantitative estimate of drug-likeness (QED) is 0.766. The van der Waals surface area contributed by atoms with E-state index in [1.807, 2.05) is 0 Å². The summed E-state index contributed by atoms with van der Waals surface area (Å²) in [4.78, 5) is 11.7. The molecule has 0 bridgehead atoms. The zero-order valence-electron chi connectivity index (χ0n) is 10.1. The van der Waals surface area contributed by atoms with Gasteiger partial charge in [-0.25, -0.2) is 0 Å². The lowest BCUT2D eigenvalue weighted by Crippen LogP contribution is -2.43. The van der Waals surface area contributed by atoms with Gasteiger partial charge in [-0.2, -0.15) is 0 Å². The molecule has 1 heterocycles. The third-order valence-corrected chi connectivity index (χ3v) is 4.33. The minimum absolute atomic E-state index is 0.0550. The average molecular weight is 224 g/mol. The Morgan fingerprint density at radius 2 is 1.75 bits per heavy atom. The van der Waals surface area contributed by atoms with Crippen LogP contribution in [-0.2, 0) is 4.79 Å². The number of primary amides is 1. The van der Waals surface area contributed by atoms with E-state index in [9.17, 15) is 4.79 Å². The number of rotatable bonds is 3. The number of nitrogens with one attached hydrogen (secondary N) is 1. The summed E-state index contributed by atoms with van der Waals surface area (Å²) < 4.78 is 0. The van der Waals surface area contributed by atoms with E-state index in [1.165, 1.54) is 44.9 Å². The Bertz CT molecular complexity index is 212. The molecule has 16 heavy (non-hydrogen) atoms. The van der Waals surface area contributed by atoms with Crippen molar-refractivity contribution in [2.24, 2.45) is 23.5 Å². The van der Waals surface area contributed by atoms with Gasteiger partial charge in [0.15, 0.2) is 0 Å². The van der Waals surface area contributed by atoms with Gasteiger partial charge < -0.3 is 11.1 Å². The largest absolute Gasteiger partial charge is 0.369 e. The summed E-state index contributed by atoms with van der Waals surface area (Å²) in [5.41, 5.74) is 5.63. The Hall–Kier alpha value is -0.570. The topological polar surface area (TPSA) is 55.1 Å². The van der Waals surface area contributed by atoms with Gasteiger partial charge in [-0.3, -0.25) is 4.79 Å². The van der Waals surface area contributed by atoms with Gasteiger partial charge >= 0.3 is 0 Å². The zero-order chi connectivity index (χ0) is 11.4. The third kappa shape index (κ3) is 2.76. The van der Waals surface area contributed by atoms with Crippen molar-refractivity contribution in [2.45, 2.75) is 44.9 Å². The maximum atomic E-state index is 11.7. The highest BCUT2D eigenvalue weighted by Gasteiger charge is 2.34. The molecule has 2 aliphatic rings. The van der Waals surface area contributed by atoms with Crippen molar-refractivity contribution in [3.05, 3.63) is 0 Å². The molecule has 3 N–H and O–H groups in total. The van der Waals surface area contributed by atoms with Gasteiger partial charge in [0.1, 0.15) is 0 Å². The van der Waals surface area contributed by atoms with Gasteiger partial charge in [0.05, 0.1) is 0 Å². The number of hydrogen-bond donors (Lipinski definition) is 2. The molecule has 2 fully saturated rings. The van der Waals surface area contributed by atoms with Gasteiger partial charge in [0.25, 0.3) is 0 Å². The summed E-state index contributed by atoms with van der Waals surface area (Å²) >= 11 is 0. The van der Waals surface area contributed by atoms with Crippen LogP contribution in [0.2, 0.25) is 0 Å². The highest BCUT2D eigenvalue weighted by Crippen LogP contribution is 2.36. The second kappa shape index (κ2) is 5.67. The monoisotopic (exact) mass is 224 g/mol. The number of amides is 1. The fraction of sp³-hybridized carbons (Fsp3) is 0.923. The highest BCUT2D eigenvalue weighted by molar-refractivity contribution is 5.77. The van der Waals surface area contributed by atoms with Crippen molar-refractivity contribution in [2.75, 3.05) is 13.1 Å². The van der Waals surface area contributed by atoms with Crippen LogP contribution in [0.4, 0.5) is 0 Å². The van der Waals surface area contributed by atoms with E-state index in [2.05, 4.69) is 5.32 Å². The van der Waals surface area contributed by atoms with Crippen LogP contribution >= 0.6 is 0 Å². The van der Waals surface area contributed by atoms with Crippen molar-refractivity contribution in [1.29, 1.82) is 0 Å². The fourth-order valence-corrected chi connectivity index (χ4v) is 3.53. The Labute approximate surface area is 98.2 Å². The first kappa shape index (κ1) is 11.9. The lowest BCUT2D eigenvalue weighted by Gasteiger charge is -2.36. The van der Waals surface area contributed by atoms with E-state index >= 15 is 0 Å². The minimum atomic E-state index is -0.0550. The summed E-state index contributed by atoms with van der Waals surface area (Å²) in [7, 11) is 0. The summed E-state index contributed by atoms with van der Waals surface area (Å²) in [5.74, 6) is 1.14. The van der Waals surface area contributed by atoms with E-state index in [-0.39, 0.29) is 11.8 Å². The molecule has 92 valence electrons. The molecular weight excluding hydrogens is 200 g/mol. The lowest BCUT2D eigenvalue weighted by molar-refractivity contribution is -0.126. The first-order valence-electron chi connectivity index (χ1n) is 6.79. The summed E-state index contributed by atoms with van der Waals surface area (Å²) in [6.07, 6.45) is 8.71. The van der Waals surface area contributed by atoms with Crippen molar-refractivity contribution in [3.8, 4) is 0 Å². The maximum absolute atomic E-state index is 11.7. The number of hydrogen-bond acceptors (Lipinski definition) is 2. The molecule has 0 aromatic carbocycles. The normalized spacial score (nSPS) is 29.9. The van der Waals surface area contributed by atoms with Crippen molar-refractivity contribution < 1.29 is 4.79 Å². The predicted octanol–water partition coefficient (Wildman–Crippen LogP) is 1.67. The van der Waals surface area contributed by atoms with Gasteiger partial charge in [-0.1, -0.05) is 19.3 Å². The van der Waals surface area contributed by atoms with Crippen LogP contribution in [0.3, 0.4) is 0 Å². The number of piperidine rings is 1. The third-order valence-electron chi connectivity index (χ3n) is 4.33. The van der Waals surface area contributed by atoms with Crippen LogP contribution in [0.1, 0.15) is 44.9 Å². The molecule has 1 aliphatic heterocycles. The number of carbonyl (C=O) groups excluding carboxylic acids is 1. The first-order valence-corrected chi connectivity index (χ1v) is 6.79. The second-order valence-corrected chi connectivity index (χ2v) is 5.43. The summed E-state index contributed by atoms with van der Waals surface area (Å²) in [6, 6.07) is 0. The zero-order valence-corrected chi connectivity index (χ0v) is 10.1. The van der Waals surface area contributed by atoms with Gasteiger partial charge in [0.2, 0.25) is 5.91 Å². The van der Waals surface area contributed by atoms with E-state index < -0.39 is 0 Å². The summed E-state index contributed by atoms with van der Waals surface area (Å²) in [6.45, 7) is 2.09. The first-order chi connectivity index (χ1) is 7.79. The lowest BCUT2D eigenvalue weighted by atomic mass is 9.71. The Morgan fingerprint density at radius 3 is 2.31 bits per heavy atom. The van der Waals surface area contributed by atoms with Crippen molar-refractivity contribution in [1.82, 2.24) is 5.32 Å². The van der Waals surface area contributed by atoms with E-state index in [4.69, 9.17) is 5.73 Å². The van der Waals surface area contributed by atoms with E-state index in [0.29, 0.717) is 11.8 Å². The van der Waals surface area contributed by atoms with Gasteiger partial charge in [0, 0.05) is 5.92 Å². The molecule has 3 nitrogen and oxygen atoms in total. The van der Waals surface area contributed by atoms with Crippen molar-refractivity contribution >= 4 is 5.91 Å². The van der Waals surface area contributed by atoms with Crippen LogP contribution in [0.15, 0.2) is 0 Å². The molecule has 2 rings (SSSR count).